The molecule has 1 unspecified atom stereocenters. The lowest BCUT2D eigenvalue weighted by atomic mass is 10.2. The topological polar surface area (TPSA) is 75.6 Å². The van der Waals surface area contributed by atoms with Gasteiger partial charge in [-0.3, -0.25) is 4.79 Å². The minimum atomic E-state index is -1.03. The van der Waals surface area contributed by atoms with E-state index in [2.05, 4.69) is 5.32 Å². The molecule has 1 atom stereocenters. The van der Waals surface area contributed by atoms with E-state index >= 15 is 0 Å². The number of carbonyl (C=O) groups excluding carboxylic acids is 1. The van der Waals surface area contributed by atoms with Gasteiger partial charge in [0.25, 0.3) is 0 Å². The number of hydrogen-bond donors (Lipinski definition) is 2. The maximum absolute atomic E-state index is 10.9. The Balaban J connectivity index is 2.63. The van der Waals surface area contributed by atoms with Crippen molar-refractivity contribution in [3.8, 4) is 5.75 Å². The highest BCUT2D eigenvalue weighted by Gasteiger charge is 2.11. The first-order valence-corrected chi connectivity index (χ1v) is 5.23. The SMILES string of the molecule is CC(=O)NC(C)COc1ccccc1C(=O)O. The number of carboxylic acids is 1. The number of rotatable bonds is 5. The van der Waals surface area contributed by atoms with Crippen molar-refractivity contribution in [3.63, 3.8) is 0 Å². The highest BCUT2D eigenvalue weighted by Crippen LogP contribution is 2.17. The van der Waals surface area contributed by atoms with Gasteiger partial charge in [-0.05, 0) is 19.1 Å². The predicted octanol–water partition coefficient (Wildman–Crippen LogP) is 1.29. The van der Waals surface area contributed by atoms with Gasteiger partial charge in [-0.15, -0.1) is 0 Å². The standard InChI is InChI=1S/C12H15NO4/c1-8(13-9(2)14)7-17-11-6-4-3-5-10(11)12(15)16/h3-6,8H,7H2,1-2H3,(H,13,14)(H,15,16). The van der Waals surface area contributed by atoms with Crippen LogP contribution in [0.1, 0.15) is 24.2 Å². The van der Waals surface area contributed by atoms with Gasteiger partial charge in [-0.25, -0.2) is 4.79 Å². The highest BCUT2D eigenvalue weighted by molar-refractivity contribution is 5.90. The molecule has 0 saturated carbocycles. The van der Waals surface area contributed by atoms with Gasteiger partial charge in [0.2, 0.25) is 5.91 Å². The maximum Gasteiger partial charge on any atom is 0.339 e. The number of para-hydroxylation sites is 1. The quantitative estimate of drug-likeness (QED) is 0.809. The zero-order valence-electron chi connectivity index (χ0n) is 9.77. The van der Waals surface area contributed by atoms with E-state index < -0.39 is 5.97 Å². The number of aromatic carboxylic acids is 1. The summed E-state index contributed by atoms with van der Waals surface area (Å²) in [5, 5.41) is 11.6. The summed E-state index contributed by atoms with van der Waals surface area (Å²) < 4.78 is 5.37. The Morgan fingerprint density at radius 1 is 1.41 bits per heavy atom. The fourth-order valence-corrected chi connectivity index (χ4v) is 1.37. The van der Waals surface area contributed by atoms with Gasteiger partial charge in [0.1, 0.15) is 17.9 Å². The Morgan fingerprint density at radius 3 is 2.65 bits per heavy atom. The Kier molecular flexibility index (Phi) is 4.51. The molecule has 5 heteroatoms. The molecule has 1 amide bonds. The van der Waals surface area contributed by atoms with Crippen LogP contribution in [0, 0.1) is 0 Å². The van der Waals surface area contributed by atoms with E-state index in [-0.39, 0.29) is 24.1 Å². The molecule has 5 nitrogen and oxygen atoms in total. The average molecular weight is 237 g/mol. The number of carboxylic acid groups (broad SMARTS) is 1. The molecule has 92 valence electrons. The van der Waals surface area contributed by atoms with Crippen LogP contribution in [0.5, 0.6) is 5.75 Å². The molecule has 1 aromatic rings. The Labute approximate surface area is 99.4 Å². The first-order chi connectivity index (χ1) is 8.00. The van der Waals surface area contributed by atoms with Crippen LogP contribution in [0.25, 0.3) is 0 Å². The number of ether oxygens (including phenoxy) is 1. The number of nitrogens with one attached hydrogen (secondary N) is 1. The van der Waals surface area contributed by atoms with E-state index in [0.29, 0.717) is 5.75 Å². The molecule has 0 aliphatic rings. The predicted molar refractivity (Wildman–Crippen MR) is 62.2 cm³/mol. The van der Waals surface area contributed by atoms with E-state index in [9.17, 15) is 9.59 Å². The summed E-state index contributed by atoms with van der Waals surface area (Å²) in [7, 11) is 0. The van der Waals surface area contributed by atoms with E-state index in [1.807, 2.05) is 0 Å². The van der Waals surface area contributed by atoms with Crippen LogP contribution in [-0.4, -0.2) is 29.6 Å². The van der Waals surface area contributed by atoms with Crippen LogP contribution in [0.4, 0.5) is 0 Å². The second kappa shape index (κ2) is 5.89. The molecular weight excluding hydrogens is 222 g/mol. The fraction of sp³-hybridized carbons (Fsp3) is 0.333. The van der Waals surface area contributed by atoms with E-state index in [1.54, 1.807) is 25.1 Å². The Bertz CT molecular complexity index is 417. The molecule has 0 aliphatic heterocycles. The minimum absolute atomic E-state index is 0.113. The zero-order valence-corrected chi connectivity index (χ0v) is 9.77. The molecule has 0 spiro atoms. The fourth-order valence-electron chi connectivity index (χ4n) is 1.37. The lowest BCUT2D eigenvalue weighted by molar-refractivity contribution is -0.119. The van der Waals surface area contributed by atoms with Crippen LogP contribution >= 0.6 is 0 Å². The molecule has 2 N–H and O–H groups in total. The van der Waals surface area contributed by atoms with Crippen molar-refractivity contribution in [2.45, 2.75) is 19.9 Å². The van der Waals surface area contributed by atoms with Gasteiger partial charge < -0.3 is 15.2 Å². The molecular formula is C12H15NO4. The minimum Gasteiger partial charge on any atom is -0.491 e. The molecule has 0 heterocycles. The Hall–Kier alpha value is -2.04. The highest BCUT2D eigenvalue weighted by atomic mass is 16.5. The third kappa shape index (κ3) is 4.14. The summed E-state index contributed by atoms with van der Waals surface area (Å²) >= 11 is 0. The summed E-state index contributed by atoms with van der Waals surface area (Å²) in [6.45, 7) is 3.43. The van der Waals surface area contributed by atoms with Crippen LogP contribution in [0.15, 0.2) is 24.3 Å². The smallest absolute Gasteiger partial charge is 0.339 e. The van der Waals surface area contributed by atoms with Crippen molar-refractivity contribution in [2.24, 2.45) is 0 Å². The van der Waals surface area contributed by atoms with Crippen molar-refractivity contribution in [3.05, 3.63) is 29.8 Å². The molecule has 1 rings (SSSR count). The first kappa shape index (κ1) is 13.0. The number of benzene rings is 1. The van der Waals surface area contributed by atoms with Crippen molar-refractivity contribution in [1.29, 1.82) is 0 Å². The first-order valence-electron chi connectivity index (χ1n) is 5.23. The van der Waals surface area contributed by atoms with Gasteiger partial charge in [-0.2, -0.15) is 0 Å². The molecule has 0 aliphatic carbocycles. The monoisotopic (exact) mass is 237 g/mol. The molecule has 0 fully saturated rings. The van der Waals surface area contributed by atoms with Gasteiger partial charge in [0.15, 0.2) is 0 Å². The molecule has 1 aromatic carbocycles. The lowest BCUT2D eigenvalue weighted by Crippen LogP contribution is -2.35. The van der Waals surface area contributed by atoms with Gasteiger partial charge in [0, 0.05) is 6.92 Å². The maximum atomic E-state index is 10.9. The van der Waals surface area contributed by atoms with E-state index in [1.165, 1.54) is 13.0 Å². The second-order valence-electron chi connectivity index (χ2n) is 3.71. The normalized spacial score (nSPS) is 11.6. The summed E-state index contributed by atoms with van der Waals surface area (Å²) in [6, 6.07) is 6.22. The van der Waals surface area contributed by atoms with Crippen molar-refractivity contribution >= 4 is 11.9 Å². The summed E-state index contributed by atoms with van der Waals surface area (Å²) in [6.07, 6.45) is 0. The molecule has 0 bridgehead atoms. The molecule has 17 heavy (non-hydrogen) atoms. The number of carbonyl (C=O) groups is 2. The second-order valence-corrected chi connectivity index (χ2v) is 3.71. The van der Waals surface area contributed by atoms with Crippen LogP contribution in [0.3, 0.4) is 0 Å². The number of hydrogen-bond acceptors (Lipinski definition) is 3. The molecule has 0 saturated heterocycles. The van der Waals surface area contributed by atoms with Crippen LogP contribution in [-0.2, 0) is 4.79 Å². The van der Waals surface area contributed by atoms with Crippen molar-refractivity contribution in [2.75, 3.05) is 6.61 Å². The largest absolute Gasteiger partial charge is 0.491 e. The van der Waals surface area contributed by atoms with Crippen molar-refractivity contribution < 1.29 is 19.4 Å². The number of amides is 1. The van der Waals surface area contributed by atoms with E-state index in [4.69, 9.17) is 9.84 Å². The van der Waals surface area contributed by atoms with Gasteiger partial charge in [0.05, 0.1) is 6.04 Å². The van der Waals surface area contributed by atoms with Crippen LogP contribution in [0.2, 0.25) is 0 Å². The van der Waals surface area contributed by atoms with E-state index in [0.717, 1.165) is 0 Å². The Morgan fingerprint density at radius 2 is 2.06 bits per heavy atom. The molecule has 0 aromatic heterocycles. The average Bonchev–Trinajstić information content (AvgIpc) is 2.25. The van der Waals surface area contributed by atoms with Gasteiger partial charge >= 0.3 is 5.97 Å². The molecule has 0 radical (unpaired) electrons. The summed E-state index contributed by atoms with van der Waals surface area (Å²) in [5.41, 5.74) is 0.113. The van der Waals surface area contributed by atoms with Gasteiger partial charge in [-0.1, -0.05) is 12.1 Å². The zero-order chi connectivity index (χ0) is 12.8. The third-order valence-corrected chi connectivity index (χ3v) is 2.06. The third-order valence-electron chi connectivity index (χ3n) is 2.06. The van der Waals surface area contributed by atoms with Crippen molar-refractivity contribution in [1.82, 2.24) is 5.32 Å². The van der Waals surface area contributed by atoms with Crippen LogP contribution < -0.4 is 10.1 Å². The lowest BCUT2D eigenvalue weighted by Gasteiger charge is -2.14. The summed E-state index contributed by atoms with van der Waals surface area (Å²) in [5.74, 6) is -0.877. The summed E-state index contributed by atoms with van der Waals surface area (Å²) in [4.78, 5) is 21.7.